The quantitative estimate of drug-likeness (QED) is 0.651. The number of nitrogens with two attached hydrogens (primary N) is 1. The molecule has 0 atom stereocenters. The molecule has 0 saturated carbocycles. The number of pyridine rings is 1. The molecular formula is C8H8F3N3O3. The average Bonchev–Trinajstić information content (AvgIpc) is 2.15. The molecule has 9 heteroatoms. The molecule has 0 amide bonds. The summed E-state index contributed by atoms with van der Waals surface area (Å²) in [5.41, 5.74) is 4.69. The van der Waals surface area contributed by atoms with Gasteiger partial charge >= 0.3 is 6.36 Å². The van der Waals surface area contributed by atoms with E-state index in [-0.39, 0.29) is 17.7 Å². The van der Waals surface area contributed by atoms with Crippen LogP contribution in [0, 0.1) is 17.0 Å². The van der Waals surface area contributed by atoms with Crippen molar-refractivity contribution in [2.75, 3.05) is 0 Å². The highest BCUT2D eigenvalue weighted by molar-refractivity contribution is 5.47. The van der Waals surface area contributed by atoms with E-state index >= 15 is 0 Å². The van der Waals surface area contributed by atoms with Crippen molar-refractivity contribution in [3.8, 4) is 5.88 Å². The van der Waals surface area contributed by atoms with Gasteiger partial charge in [-0.3, -0.25) is 10.1 Å². The normalized spacial score (nSPS) is 11.4. The van der Waals surface area contributed by atoms with E-state index in [2.05, 4.69) is 9.72 Å². The van der Waals surface area contributed by atoms with E-state index in [0.29, 0.717) is 6.20 Å². The van der Waals surface area contributed by atoms with Crippen LogP contribution in [0.2, 0.25) is 0 Å². The molecule has 17 heavy (non-hydrogen) atoms. The van der Waals surface area contributed by atoms with Gasteiger partial charge < -0.3 is 10.5 Å². The summed E-state index contributed by atoms with van der Waals surface area (Å²) in [5.74, 6) is -0.761. The zero-order valence-electron chi connectivity index (χ0n) is 8.61. The van der Waals surface area contributed by atoms with Crippen molar-refractivity contribution in [3.05, 3.63) is 27.4 Å². The topological polar surface area (TPSA) is 91.3 Å². The highest BCUT2D eigenvalue weighted by atomic mass is 19.4. The zero-order valence-corrected chi connectivity index (χ0v) is 8.61. The number of hydrogen-bond acceptors (Lipinski definition) is 5. The van der Waals surface area contributed by atoms with Gasteiger partial charge in [-0.25, -0.2) is 4.98 Å². The average molecular weight is 251 g/mol. The third-order valence-corrected chi connectivity index (χ3v) is 2.01. The first kappa shape index (κ1) is 13.2. The van der Waals surface area contributed by atoms with Gasteiger partial charge in [0.15, 0.2) is 0 Å². The first-order valence-electron chi connectivity index (χ1n) is 4.35. The SMILES string of the molecule is Cc1c([N+](=O)[O-])cnc(OC(F)(F)F)c1CN. The van der Waals surface area contributed by atoms with Gasteiger partial charge in [0.25, 0.3) is 5.69 Å². The van der Waals surface area contributed by atoms with Gasteiger partial charge in [0.1, 0.15) is 6.20 Å². The molecule has 0 saturated heterocycles. The van der Waals surface area contributed by atoms with Gasteiger partial charge in [-0.1, -0.05) is 0 Å². The molecule has 1 aromatic heterocycles. The van der Waals surface area contributed by atoms with E-state index in [1.807, 2.05) is 0 Å². The van der Waals surface area contributed by atoms with Crippen LogP contribution in [0.15, 0.2) is 6.20 Å². The maximum atomic E-state index is 12.0. The van der Waals surface area contributed by atoms with Crippen LogP contribution in [-0.4, -0.2) is 16.3 Å². The van der Waals surface area contributed by atoms with Gasteiger partial charge in [0.05, 0.1) is 4.92 Å². The molecule has 0 fully saturated rings. The number of alkyl halides is 3. The number of nitro groups is 1. The Bertz CT molecular complexity index is 448. The lowest BCUT2D eigenvalue weighted by molar-refractivity contribution is -0.385. The number of halogens is 3. The molecule has 6 nitrogen and oxygen atoms in total. The molecule has 0 radical (unpaired) electrons. The zero-order chi connectivity index (χ0) is 13.2. The molecule has 0 spiro atoms. The van der Waals surface area contributed by atoms with E-state index in [0.717, 1.165) is 0 Å². The van der Waals surface area contributed by atoms with Crippen molar-refractivity contribution >= 4 is 5.69 Å². The maximum Gasteiger partial charge on any atom is 0.574 e. The van der Waals surface area contributed by atoms with Crippen LogP contribution in [0.1, 0.15) is 11.1 Å². The Hall–Kier alpha value is -1.90. The Balaban J connectivity index is 3.26. The van der Waals surface area contributed by atoms with Crippen molar-refractivity contribution in [1.29, 1.82) is 0 Å². The van der Waals surface area contributed by atoms with Crippen LogP contribution >= 0.6 is 0 Å². The third kappa shape index (κ3) is 3.03. The van der Waals surface area contributed by atoms with Crippen molar-refractivity contribution in [3.63, 3.8) is 0 Å². The van der Waals surface area contributed by atoms with E-state index in [1.54, 1.807) is 0 Å². The molecule has 0 unspecified atom stereocenters. The Morgan fingerprint density at radius 2 is 2.18 bits per heavy atom. The number of ether oxygens (including phenoxy) is 1. The van der Waals surface area contributed by atoms with E-state index in [1.165, 1.54) is 6.92 Å². The third-order valence-electron chi connectivity index (χ3n) is 2.01. The molecule has 2 N–H and O–H groups in total. The summed E-state index contributed by atoms with van der Waals surface area (Å²) in [6.07, 6.45) is -4.21. The second kappa shape index (κ2) is 4.53. The fourth-order valence-corrected chi connectivity index (χ4v) is 1.23. The predicted octanol–water partition coefficient (Wildman–Crippen LogP) is 1.66. The van der Waals surface area contributed by atoms with Crippen molar-refractivity contribution in [2.45, 2.75) is 19.8 Å². The predicted molar refractivity (Wildman–Crippen MR) is 50.2 cm³/mol. The summed E-state index contributed by atoms with van der Waals surface area (Å²) in [7, 11) is 0. The summed E-state index contributed by atoms with van der Waals surface area (Å²) >= 11 is 0. The molecule has 94 valence electrons. The summed E-state index contributed by atoms with van der Waals surface area (Å²) in [6, 6.07) is 0. The number of nitrogens with zero attached hydrogens (tertiary/aromatic N) is 2. The number of aromatic nitrogens is 1. The van der Waals surface area contributed by atoms with Crippen LogP contribution in [-0.2, 0) is 6.54 Å². The minimum absolute atomic E-state index is 0.00625. The Morgan fingerprint density at radius 3 is 2.59 bits per heavy atom. The van der Waals surface area contributed by atoms with Crippen LogP contribution in [0.25, 0.3) is 0 Å². The van der Waals surface area contributed by atoms with Gasteiger partial charge in [0, 0.05) is 17.7 Å². The Morgan fingerprint density at radius 1 is 1.59 bits per heavy atom. The van der Waals surface area contributed by atoms with Crippen molar-refractivity contribution in [2.24, 2.45) is 5.73 Å². The largest absolute Gasteiger partial charge is 0.574 e. The molecule has 0 bridgehead atoms. The monoisotopic (exact) mass is 251 g/mol. The standard InChI is InChI=1S/C8H8F3N3O3/c1-4-5(2-12)7(17-8(9,10)11)13-3-6(4)14(15)16/h3H,2,12H2,1H3. The lowest BCUT2D eigenvalue weighted by Crippen LogP contribution is -2.20. The van der Waals surface area contributed by atoms with Crippen LogP contribution in [0.3, 0.4) is 0 Å². The van der Waals surface area contributed by atoms with Crippen LogP contribution in [0.5, 0.6) is 5.88 Å². The maximum absolute atomic E-state index is 12.0. The molecule has 1 aromatic rings. The molecule has 1 heterocycles. The summed E-state index contributed by atoms with van der Waals surface area (Å²) in [5, 5.41) is 10.5. The fourth-order valence-electron chi connectivity index (χ4n) is 1.23. The van der Waals surface area contributed by atoms with E-state index < -0.39 is 22.9 Å². The van der Waals surface area contributed by atoms with Crippen LogP contribution in [0.4, 0.5) is 18.9 Å². The van der Waals surface area contributed by atoms with Gasteiger partial charge in [-0.2, -0.15) is 0 Å². The highest BCUT2D eigenvalue weighted by Gasteiger charge is 2.34. The summed E-state index contributed by atoms with van der Waals surface area (Å²) in [4.78, 5) is 13.1. The molecule has 1 rings (SSSR count). The lowest BCUT2D eigenvalue weighted by atomic mass is 10.1. The first-order chi connectivity index (χ1) is 7.76. The van der Waals surface area contributed by atoms with Gasteiger partial charge in [-0.05, 0) is 6.92 Å². The minimum atomic E-state index is -4.92. The van der Waals surface area contributed by atoms with Gasteiger partial charge in [-0.15, -0.1) is 13.2 Å². The second-order valence-corrected chi connectivity index (χ2v) is 3.06. The molecular weight excluding hydrogens is 243 g/mol. The Kier molecular flexibility index (Phi) is 3.51. The van der Waals surface area contributed by atoms with Crippen LogP contribution < -0.4 is 10.5 Å². The molecule has 0 aliphatic rings. The fraction of sp³-hybridized carbons (Fsp3) is 0.375. The number of rotatable bonds is 3. The smallest absolute Gasteiger partial charge is 0.388 e. The number of hydrogen-bond donors (Lipinski definition) is 1. The van der Waals surface area contributed by atoms with Gasteiger partial charge in [0.2, 0.25) is 5.88 Å². The second-order valence-electron chi connectivity index (χ2n) is 3.06. The molecule has 0 aliphatic heterocycles. The molecule has 0 aliphatic carbocycles. The summed E-state index contributed by atoms with van der Waals surface area (Å²) in [6.45, 7) is 0.942. The minimum Gasteiger partial charge on any atom is -0.388 e. The Labute approximate surface area is 93.3 Å². The highest BCUT2D eigenvalue weighted by Crippen LogP contribution is 2.30. The van der Waals surface area contributed by atoms with E-state index in [9.17, 15) is 23.3 Å². The summed E-state index contributed by atoms with van der Waals surface area (Å²) < 4.78 is 39.7. The lowest BCUT2D eigenvalue weighted by Gasteiger charge is -2.12. The first-order valence-corrected chi connectivity index (χ1v) is 4.35. The van der Waals surface area contributed by atoms with Crippen molar-refractivity contribution < 1.29 is 22.8 Å². The van der Waals surface area contributed by atoms with E-state index in [4.69, 9.17) is 5.73 Å². The van der Waals surface area contributed by atoms with Crippen molar-refractivity contribution in [1.82, 2.24) is 4.98 Å². The molecule has 0 aromatic carbocycles.